The molecule has 120 valence electrons. The number of amides is 1. The van der Waals surface area contributed by atoms with Gasteiger partial charge in [0.25, 0.3) is 0 Å². The predicted molar refractivity (Wildman–Crippen MR) is 79.7 cm³/mol. The Morgan fingerprint density at radius 3 is 2.52 bits per heavy atom. The zero-order valence-corrected chi connectivity index (χ0v) is 13.2. The highest BCUT2D eigenvalue weighted by Gasteiger charge is 2.27. The fourth-order valence-corrected chi connectivity index (χ4v) is 2.58. The van der Waals surface area contributed by atoms with Gasteiger partial charge in [0.05, 0.1) is 6.61 Å². The van der Waals surface area contributed by atoms with Crippen molar-refractivity contribution in [2.45, 2.75) is 58.3 Å². The smallest absolute Gasteiger partial charge is 0.316 e. The predicted octanol–water partition coefficient (Wildman–Crippen LogP) is 2.33. The van der Waals surface area contributed by atoms with Crippen molar-refractivity contribution in [3.05, 3.63) is 0 Å². The number of Topliss-reactive ketones (excluding diaryl/α,β-unsaturated/α-hetero) is 1. The molecular weight excluding hydrogens is 270 g/mol. The quantitative estimate of drug-likeness (QED) is 0.579. The van der Waals surface area contributed by atoms with Gasteiger partial charge >= 0.3 is 5.97 Å². The number of hydrogen-bond acceptors (Lipinski definition) is 4. The van der Waals surface area contributed by atoms with Crippen molar-refractivity contribution in [3.63, 3.8) is 0 Å². The molecule has 0 saturated carbocycles. The third kappa shape index (κ3) is 6.27. The highest BCUT2D eigenvalue weighted by molar-refractivity contribution is 5.99. The van der Waals surface area contributed by atoms with Crippen LogP contribution < -0.4 is 0 Å². The van der Waals surface area contributed by atoms with E-state index >= 15 is 0 Å². The molecule has 0 aromatic rings. The number of esters is 1. The van der Waals surface area contributed by atoms with Gasteiger partial charge in [-0.15, -0.1) is 0 Å². The Bertz CT molecular complexity index is 367. The van der Waals surface area contributed by atoms with Crippen LogP contribution in [0.3, 0.4) is 0 Å². The van der Waals surface area contributed by atoms with Crippen LogP contribution in [-0.4, -0.2) is 42.8 Å². The van der Waals surface area contributed by atoms with E-state index in [1.807, 2.05) is 0 Å². The van der Waals surface area contributed by atoms with E-state index in [-0.39, 0.29) is 18.1 Å². The molecule has 1 aliphatic heterocycles. The maximum atomic E-state index is 12.2. The molecule has 1 unspecified atom stereocenters. The number of carbonyl (C=O) groups is 3. The van der Waals surface area contributed by atoms with Gasteiger partial charge in [-0.1, -0.05) is 25.7 Å². The highest BCUT2D eigenvalue weighted by atomic mass is 16.5. The summed E-state index contributed by atoms with van der Waals surface area (Å²) in [5.74, 6) is -1.09. The number of rotatable bonds is 2. The van der Waals surface area contributed by atoms with E-state index in [0.717, 1.165) is 32.1 Å². The van der Waals surface area contributed by atoms with Gasteiger partial charge in [-0.3, -0.25) is 14.4 Å². The fourth-order valence-electron chi connectivity index (χ4n) is 2.58. The SMILES string of the molecule is CCOC(=O)C1CCCCCCCC(=O)N(C)CCC1=O. The van der Waals surface area contributed by atoms with Crippen LogP contribution >= 0.6 is 0 Å². The van der Waals surface area contributed by atoms with E-state index in [4.69, 9.17) is 4.74 Å². The summed E-state index contributed by atoms with van der Waals surface area (Å²) in [7, 11) is 1.72. The standard InChI is InChI=1S/C16H27NO4/c1-3-21-16(20)13-9-7-5-4-6-8-10-15(19)17(2)12-11-14(13)18/h13H,3-12H2,1-2H3. The van der Waals surface area contributed by atoms with Gasteiger partial charge in [-0.05, 0) is 19.8 Å². The van der Waals surface area contributed by atoms with Gasteiger partial charge in [0.15, 0.2) is 0 Å². The molecule has 0 N–H and O–H groups in total. The molecule has 1 amide bonds. The molecule has 1 fully saturated rings. The van der Waals surface area contributed by atoms with Crippen molar-refractivity contribution in [1.29, 1.82) is 0 Å². The number of carbonyl (C=O) groups excluding carboxylic acids is 3. The summed E-state index contributed by atoms with van der Waals surface area (Å²) in [6.45, 7) is 2.42. The van der Waals surface area contributed by atoms with Crippen LogP contribution in [0.1, 0.15) is 58.3 Å². The highest BCUT2D eigenvalue weighted by Crippen LogP contribution is 2.17. The second-order valence-electron chi connectivity index (χ2n) is 5.64. The first-order valence-electron chi connectivity index (χ1n) is 7.99. The number of ketones is 1. The Morgan fingerprint density at radius 1 is 1.14 bits per heavy atom. The molecule has 5 nitrogen and oxygen atoms in total. The Hall–Kier alpha value is -1.39. The van der Waals surface area contributed by atoms with Crippen LogP contribution in [0.2, 0.25) is 0 Å². The maximum Gasteiger partial charge on any atom is 0.316 e. The third-order valence-corrected chi connectivity index (χ3v) is 3.96. The first kappa shape index (κ1) is 17.7. The van der Waals surface area contributed by atoms with Gasteiger partial charge in [0.1, 0.15) is 11.7 Å². The van der Waals surface area contributed by atoms with Crippen LogP contribution in [0.15, 0.2) is 0 Å². The van der Waals surface area contributed by atoms with Gasteiger partial charge in [-0.25, -0.2) is 0 Å². The minimum atomic E-state index is -0.658. The summed E-state index contributed by atoms with van der Waals surface area (Å²) in [5.41, 5.74) is 0. The third-order valence-electron chi connectivity index (χ3n) is 3.96. The first-order valence-corrected chi connectivity index (χ1v) is 7.99. The molecule has 5 heteroatoms. The van der Waals surface area contributed by atoms with E-state index in [2.05, 4.69) is 0 Å². The van der Waals surface area contributed by atoms with E-state index in [9.17, 15) is 14.4 Å². The van der Waals surface area contributed by atoms with Crippen molar-refractivity contribution in [2.24, 2.45) is 5.92 Å². The molecule has 0 aromatic carbocycles. The lowest BCUT2D eigenvalue weighted by Crippen LogP contribution is -2.32. The van der Waals surface area contributed by atoms with Crippen molar-refractivity contribution < 1.29 is 19.1 Å². The largest absolute Gasteiger partial charge is 0.465 e. The Kier molecular flexibility index (Phi) is 8.01. The minimum Gasteiger partial charge on any atom is -0.465 e. The lowest BCUT2D eigenvalue weighted by Gasteiger charge is -2.18. The van der Waals surface area contributed by atoms with Crippen LogP contribution in [-0.2, 0) is 19.1 Å². The number of ether oxygens (including phenoxy) is 1. The van der Waals surface area contributed by atoms with E-state index < -0.39 is 11.9 Å². The van der Waals surface area contributed by atoms with E-state index in [1.165, 1.54) is 0 Å². The van der Waals surface area contributed by atoms with Gasteiger partial charge in [0, 0.05) is 26.4 Å². The molecule has 0 bridgehead atoms. The zero-order valence-electron chi connectivity index (χ0n) is 13.2. The van der Waals surface area contributed by atoms with Crippen LogP contribution in [0.5, 0.6) is 0 Å². The number of nitrogens with zero attached hydrogens (tertiary/aromatic N) is 1. The van der Waals surface area contributed by atoms with Crippen molar-refractivity contribution in [1.82, 2.24) is 4.90 Å². The van der Waals surface area contributed by atoms with Crippen molar-refractivity contribution in [3.8, 4) is 0 Å². The molecular formula is C16H27NO4. The molecule has 1 aliphatic rings. The molecule has 0 spiro atoms. The monoisotopic (exact) mass is 297 g/mol. The summed E-state index contributed by atoms with van der Waals surface area (Å²) < 4.78 is 5.01. The lowest BCUT2D eigenvalue weighted by molar-refractivity contribution is -0.152. The second-order valence-corrected chi connectivity index (χ2v) is 5.64. The molecule has 1 atom stereocenters. The average molecular weight is 297 g/mol. The van der Waals surface area contributed by atoms with E-state index in [0.29, 0.717) is 26.0 Å². The van der Waals surface area contributed by atoms with Gasteiger partial charge < -0.3 is 9.64 Å². The topological polar surface area (TPSA) is 63.7 Å². The van der Waals surface area contributed by atoms with Crippen LogP contribution in [0.4, 0.5) is 0 Å². The normalized spacial score (nSPS) is 23.0. The fraction of sp³-hybridized carbons (Fsp3) is 0.812. The van der Waals surface area contributed by atoms with Crippen molar-refractivity contribution >= 4 is 17.7 Å². The molecule has 21 heavy (non-hydrogen) atoms. The summed E-state index contributed by atoms with van der Waals surface area (Å²) in [6.07, 6.45) is 6.16. The van der Waals surface area contributed by atoms with Crippen LogP contribution in [0, 0.1) is 5.92 Å². The van der Waals surface area contributed by atoms with Crippen LogP contribution in [0.25, 0.3) is 0 Å². The molecule has 1 saturated heterocycles. The minimum absolute atomic E-state index is 0.0785. The molecule has 1 heterocycles. The molecule has 0 aromatic heterocycles. The molecule has 0 radical (unpaired) electrons. The Morgan fingerprint density at radius 2 is 1.81 bits per heavy atom. The number of hydrogen-bond donors (Lipinski definition) is 0. The van der Waals surface area contributed by atoms with Gasteiger partial charge in [0.2, 0.25) is 5.91 Å². The maximum absolute atomic E-state index is 12.2. The lowest BCUT2D eigenvalue weighted by atomic mass is 9.94. The molecule has 1 rings (SSSR count). The summed E-state index contributed by atoms with van der Waals surface area (Å²) in [4.78, 5) is 37.6. The van der Waals surface area contributed by atoms with Crippen molar-refractivity contribution in [2.75, 3.05) is 20.2 Å². The average Bonchev–Trinajstić information content (AvgIpc) is 2.47. The first-order chi connectivity index (χ1) is 10.1. The van der Waals surface area contributed by atoms with Gasteiger partial charge in [-0.2, -0.15) is 0 Å². The summed E-state index contributed by atoms with van der Waals surface area (Å²) in [6, 6.07) is 0. The zero-order chi connectivity index (χ0) is 15.7. The summed E-state index contributed by atoms with van der Waals surface area (Å²) in [5, 5.41) is 0. The summed E-state index contributed by atoms with van der Waals surface area (Å²) >= 11 is 0. The second kappa shape index (κ2) is 9.53. The molecule has 0 aliphatic carbocycles. The van der Waals surface area contributed by atoms with E-state index in [1.54, 1.807) is 18.9 Å². The Balaban J connectivity index is 2.68. The Labute approximate surface area is 127 Å².